The Labute approximate surface area is 97.3 Å². The van der Waals surface area contributed by atoms with Gasteiger partial charge >= 0.3 is 11.9 Å². The summed E-state index contributed by atoms with van der Waals surface area (Å²) in [5.74, 6) is -0.242. The predicted molar refractivity (Wildman–Crippen MR) is 60.9 cm³/mol. The number of carbonyl (C=O) groups excluding carboxylic acids is 2. The number of hydrogen-bond donors (Lipinski definition) is 0. The van der Waals surface area contributed by atoms with Crippen LogP contribution in [0.3, 0.4) is 0 Å². The zero-order valence-corrected chi connectivity index (χ0v) is 10.5. The molecule has 0 bridgehead atoms. The number of carbonyl (C=O) groups is 2. The maximum Gasteiger partial charge on any atom is 0.306 e. The lowest BCUT2D eigenvalue weighted by atomic mass is 10.1. The molecule has 0 amide bonds. The van der Waals surface area contributed by atoms with Gasteiger partial charge in [0.05, 0.1) is 26.1 Å². The van der Waals surface area contributed by atoms with E-state index in [1.54, 1.807) is 6.92 Å². The van der Waals surface area contributed by atoms with Gasteiger partial charge in [0.1, 0.15) is 0 Å². The van der Waals surface area contributed by atoms with Crippen LogP contribution in [0.2, 0.25) is 0 Å². The first-order valence-electron chi connectivity index (χ1n) is 5.95. The highest BCUT2D eigenvalue weighted by Crippen LogP contribution is 2.08. The van der Waals surface area contributed by atoms with E-state index in [4.69, 9.17) is 9.47 Å². The first-order valence-corrected chi connectivity index (χ1v) is 5.95. The molecule has 0 atom stereocenters. The van der Waals surface area contributed by atoms with Crippen molar-refractivity contribution in [1.29, 1.82) is 0 Å². The molecule has 4 heteroatoms. The largest absolute Gasteiger partial charge is 0.466 e. The molecule has 94 valence electrons. The van der Waals surface area contributed by atoms with Crippen molar-refractivity contribution in [2.75, 3.05) is 13.2 Å². The molecule has 0 fully saturated rings. The van der Waals surface area contributed by atoms with Crippen LogP contribution in [0.15, 0.2) is 0 Å². The Bertz CT molecular complexity index is 209. The SMILES string of the molecule is CCOC(=O)CCC(=O)OCC(CC)CC. The van der Waals surface area contributed by atoms with E-state index in [2.05, 4.69) is 13.8 Å². The molecule has 0 heterocycles. The van der Waals surface area contributed by atoms with Gasteiger partial charge in [-0.2, -0.15) is 0 Å². The van der Waals surface area contributed by atoms with E-state index in [-0.39, 0.29) is 24.8 Å². The van der Waals surface area contributed by atoms with Crippen LogP contribution in [0.1, 0.15) is 46.5 Å². The Balaban J connectivity index is 3.62. The van der Waals surface area contributed by atoms with Crippen LogP contribution in [-0.4, -0.2) is 25.2 Å². The number of esters is 2. The molecule has 16 heavy (non-hydrogen) atoms. The van der Waals surface area contributed by atoms with Crippen molar-refractivity contribution in [3.05, 3.63) is 0 Å². The third-order valence-electron chi connectivity index (χ3n) is 2.47. The van der Waals surface area contributed by atoms with Crippen molar-refractivity contribution in [2.45, 2.75) is 46.5 Å². The van der Waals surface area contributed by atoms with E-state index in [9.17, 15) is 9.59 Å². The summed E-state index contributed by atoms with van der Waals surface area (Å²) >= 11 is 0. The molecule has 0 unspecified atom stereocenters. The average Bonchev–Trinajstić information content (AvgIpc) is 2.28. The molecule has 0 radical (unpaired) electrons. The molecule has 0 saturated carbocycles. The number of ether oxygens (including phenoxy) is 2. The standard InChI is InChI=1S/C12H22O4/c1-4-10(5-2)9-16-12(14)8-7-11(13)15-6-3/h10H,4-9H2,1-3H3. The minimum Gasteiger partial charge on any atom is -0.466 e. The summed E-state index contributed by atoms with van der Waals surface area (Å²) in [5, 5.41) is 0. The molecule has 0 aromatic heterocycles. The third kappa shape index (κ3) is 7.26. The van der Waals surface area contributed by atoms with Gasteiger partial charge in [0.15, 0.2) is 0 Å². The van der Waals surface area contributed by atoms with Gasteiger partial charge in [0, 0.05) is 0 Å². The van der Waals surface area contributed by atoms with Gasteiger partial charge in [-0.3, -0.25) is 9.59 Å². The summed E-state index contributed by atoms with van der Waals surface area (Å²) in [4.78, 5) is 22.2. The minimum absolute atomic E-state index is 0.107. The lowest BCUT2D eigenvalue weighted by molar-refractivity contribution is -0.150. The molecular formula is C12H22O4. The van der Waals surface area contributed by atoms with E-state index < -0.39 is 0 Å². The minimum atomic E-state index is -0.345. The van der Waals surface area contributed by atoms with Crippen molar-refractivity contribution >= 4 is 11.9 Å². The Morgan fingerprint density at radius 2 is 1.44 bits per heavy atom. The summed E-state index contributed by atoms with van der Waals surface area (Å²) in [6.07, 6.45) is 2.22. The van der Waals surface area contributed by atoms with Crippen LogP contribution in [0.25, 0.3) is 0 Å². The summed E-state index contributed by atoms with van der Waals surface area (Å²) in [7, 11) is 0. The van der Waals surface area contributed by atoms with Crippen LogP contribution in [0.5, 0.6) is 0 Å². The third-order valence-corrected chi connectivity index (χ3v) is 2.47. The number of rotatable bonds is 8. The molecule has 0 spiro atoms. The molecule has 0 aliphatic carbocycles. The zero-order chi connectivity index (χ0) is 12.4. The maximum absolute atomic E-state index is 11.3. The van der Waals surface area contributed by atoms with Gasteiger partial charge in [-0.05, 0) is 12.8 Å². The lowest BCUT2D eigenvalue weighted by Crippen LogP contribution is -2.14. The Hall–Kier alpha value is -1.06. The van der Waals surface area contributed by atoms with Crippen molar-refractivity contribution < 1.29 is 19.1 Å². The first kappa shape index (κ1) is 14.9. The average molecular weight is 230 g/mol. The van der Waals surface area contributed by atoms with Crippen LogP contribution in [0, 0.1) is 5.92 Å². The number of hydrogen-bond acceptors (Lipinski definition) is 4. The second kappa shape index (κ2) is 9.19. The van der Waals surface area contributed by atoms with Gasteiger partial charge in [0.25, 0.3) is 0 Å². The van der Waals surface area contributed by atoms with Crippen molar-refractivity contribution in [1.82, 2.24) is 0 Å². The van der Waals surface area contributed by atoms with Crippen LogP contribution >= 0.6 is 0 Å². The highest BCUT2D eigenvalue weighted by Gasteiger charge is 2.10. The molecule has 4 nitrogen and oxygen atoms in total. The van der Waals surface area contributed by atoms with E-state index in [1.165, 1.54) is 0 Å². The lowest BCUT2D eigenvalue weighted by Gasteiger charge is -2.12. The van der Waals surface area contributed by atoms with Crippen LogP contribution < -0.4 is 0 Å². The Morgan fingerprint density at radius 3 is 1.88 bits per heavy atom. The quantitative estimate of drug-likeness (QED) is 0.600. The molecule has 0 saturated heterocycles. The van der Waals surface area contributed by atoms with Gasteiger partial charge in [-0.1, -0.05) is 26.7 Å². The van der Waals surface area contributed by atoms with E-state index in [0.29, 0.717) is 19.1 Å². The van der Waals surface area contributed by atoms with Gasteiger partial charge < -0.3 is 9.47 Å². The molecule has 0 aromatic carbocycles. The fourth-order valence-electron chi connectivity index (χ4n) is 1.24. The topological polar surface area (TPSA) is 52.6 Å². The second-order valence-corrected chi connectivity index (χ2v) is 3.67. The monoisotopic (exact) mass is 230 g/mol. The fraction of sp³-hybridized carbons (Fsp3) is 0.833. The molecular weight excluding hydrogens is 208 g/mol. The van der Waals surface area contributed by atoms with E-state index in [0.717, 1.165) is 12.8 Å². The molecule has 0 aliphatic rings. The van der Waals surface area contributed by atoms with Gasteiger partial charge in [0.2, 0.25) is 0 Å². The van der Waals surface area contributed by atoms with E-state index >= 15 is 0 Å². The highest BCUT2D eigenvalue weighted by molar-refractivity contribution is 5.77. The summed E-state index contributed by atoms with van der Waals surface area (Å²) in [5.41, 5.74) is 0. The van der Waals surface area contributed by atoms with Gasteiger partial charge in [-0.25, -0.2) is 0 Å². The fourth-order valence-corrected chi connectivity index (χ4v) is 1.24. The summed E-state index contributed by atoms with van der Waals surface area (Å²) in [6, 6.07) is 0. The highest BCUT2D eigenvalue weighted by atomic mass is 16.5. The van der Waals surface area contributed by atoms with E-state index in [1.807, 2.05) is 0 Å². The molecule has 0 aliphatic heterocycles. The maximum atomic E-state index is 11.3. The summed E-state index contributed by atoms with van der Waals surface area (Å²) in [6.45, 7) is 6.68. The van der Waals surface area contributed by atoms with Crippen LogP contribution in [-0.2, 0) is 19.1 Å². The van der Waals surface area contributed by atoms with Crippen molar-refractivity contribution in [3.8, 4) is 0 Å². The zero-order valence-electron chi connectivity index (χ0n) is 10.5. The van der Waals surface area contributed by atoms with Gasteiger partial charge in [-0.15, -0.1) is 0 Å². The smallest absolute Gasteiger partial charge is 0.306 e. The molecule has 0 N–H and O–H groups in total. The van der Waals surface area contributed by atoms with Crippen molar-refractivity contribution in [2.24, 2.45) is 5.92 Å². The summed E-state index contributed by atoms with van der Waals surface area (Å²) < 4.78 is 9.78. The molecule has 0 rings (SSSR count). The van der Waals surface area contributed by atoms with Crippen molar-refractivity contribution in [3.63, 3.8) is 0 Å². The van der Waals surface area contributed by atoms with Crippen LogP contribution in [0.4, 0.5) is 0 Å². The Kier molecular flexibility index (Phi) is 8.58. The first-order chi connectivity index (χ1) is 7.63. The molecule has 0 aromatic rings. The normalized spacial score (nSPS) is 10.2. The predicted octanol–water partition coefficient (Wildman–Crippen LogP) is 2.31. The second-order valence-electron chi connectivity index (χ2n) is 3.67. The Morgan fingerprint density at radius 1 is 0.938 bits per heavy atom.